The first-order valence-corrected chi connectivity index (χ1v) is 6.72. The Morgan fingerprint density at radius 1 is 1.38 bits per heavy atom. The number of anilines is 1. The van der Waals surface area contributed by atoms with E-state index in [0.717, 1.165) is 0 Å². The van der Waals surface area contributed by atoms with Crippen LogP contribution < -0.4 is 5.32 Å². The molecule has 3 rings (SSSR count). The van der Waals surface area contributed by atoms with Gasteiger partial charge in [0.25, 0.3) is 0 Å². The van der Waals surface area contributed by atoms with Gasteiger partial charge in [0, 0.05) is 25.7 Å². The van der Waals surface area contributed by atoms with Gasteiger partial charge in [-0.2, -0.15) is 10.2 Å². The highest BCUT2D eigenvalue weighted by atomic mass is 16.3. The predicted octanol–water partition coefficient (Wildman–Crippen LogP) is 3.12. The number of oxazole rings is 1. The van der Waals surface area contributed by atoms with Crippen molar-refractivity contribution in [3.05, 3.63) is 24.6 Å². The molecule has 0 saturated heterocycles. The average molecular weight is 282 g/mol. The molecule has 2 heterocycles. The number of rotatable bonds is 6. The third-order valence-electron chi connectivity index (χ3n) is 3.44. The third kappa shape index (κ3) is 2.92. The van der Waals surface area contributed by atoms with Crippen molar-refractivity contribution in [3.63, 3.8) is 0 Å². The Bertz CT molecular complexity index is 735. The Morgan fingerprint density at radius 3 is 3.00 bits per heavy atom. The molecule has 0 atom stereocenters. The van der Waals surface area contributed by atoms with E-state index < -0.39 is 5.66 Å². The Balaban J connectivity index is 1.57. The van der Waals surface area contributed by atoms with Gasteiger partial charge in [-0.3, -0.25) is 4.79 Å². The van der Waals surface area contributed by atoms with Crippen molar-refractivity contribution in [1.82, 2.24) is 4.98 Å². The van der Waals surface area contributed by atoms with Crippen molar-refractivity contribution in [2.75, 3.05) is 5.32 Å². The monoisotopic (exact) mass is 282 g/mol. The Hall–Kier alpha value is -2.68. The molecule has 21 heavy (non-hydrogen) atoms. The maximum atomic E-state index is 12.0. The molecule has 0 spiro atoms. The van der Waals surface area contributed by atoms with Crippen molar-refractivity contribution in [2.24, 2.45) is 10.2 Å². The van der Waals surface area contributed by atoms with Gasteiger partial charge in [-0.15, -0.1) is 12.3 Å². The first-order chi connectivity index (χ1) is 10.2. The molecule has 1 N–H and O–H groups in total. The first kappa shape index (κ1) is 13.3. The highest BCUT2D eigenvalue weighted by Crippen LogP contribution is 2.37. The molecular formula is C15H14N4O2. The molecule has 6 nitrogen and oxygen atoms in total. The summed E-state index contributed by atoms with van der Waals surface area (Å²) in [6, 6.07) is 5.40. The minimum atomic E-state index is -0.427. The summed E-state index contributed by atoms with van der Waals surface area (Å²) < 4.78 is 5.20. The Kier molecular flexibility index (Phi) is 3.40. The van der Waals surface area contributed by atoms with Gasteiger partial charge in [-0.1, -0.05) is 6.07 Å². The minimum absolute atomic E-state index is 0.0946. The molecule has 2 aromatic rings. The van der Waals surface area contributed by atoms with E-state index in [4.69, 9.17) is 10.8 Å². The highest BCUT2D eigenvalue weighted by Gasteiger charge is 2.39. The maximum absolute atomic E-state index is 12.0. The van der Waals surface area contributed by atoms with E-state index >= 15 is 0 Å². The van der Waals surface area contributed by atoms with Gasteiger partial charge in [0.05, 0.1) is 5.69 Å². The molecule has 1 aliphatic heterocycles. The number of aromatic nitrogens is 1. The van der Waals surface area contributed by atoms with Gasteiger partial charge < -0.3 is 9.73 Å². The predicted molar refractivity (Wildman–Crippen MR) is 77.5 cm³/mol. The van der Waals surface area contributed by atoms with E-state index in [2.05, 4.69) is 26.4 Å². The van der Waals surface area contributed by atoms with E-state index in [0.29, 0.717) is 42.5 Å². The molecule has 0 saturated carbocycles. The molecule has 0 aliphatic carbocycles. The molecule has 6 heteroatoms. The van der Waals surface area contributed by atoms with Crippen LogP contribution in [0.15, 0.2) is 39.2 Å². The molecule has 106 valence electrons. The van der Waals surface area contributed by atoms with E-state index in [-0.39, 0.29) is 5.91 Å². The smallest absolute Gasteiger partial charge is 0.224 e. The van der Waals surface area contributed by atoms with Crippen molar-refractivity contribution in [3.8, 4) is 12.3 Å². The lowest BCUT2D eigenvalue weighted by Gasteiger charge is -2.09. The number of hydrogen-bond donors (Lipinski definition) is 1. The topological polar surface area (TPSA) is 79.9 Å². The summed E-state index contributed by atoms with van der Waals surface area (Å²) in [6.45, 7) is 0. The molecule has 1 amide bonds. The van der Waals surface area contributed by atoms with Crippen LogP contribution in [0.5, 0.6) is 0 Å². The van der Waals surface area contributed by atoms with Crippen LogP contribution in [0.3, 0.4) is 0 Å². The van der Waals surface area contributed by atoms with Crippen LogP contribution in [0, 0.1) is 12.3 Å². The molecule has 1 aliphatic rings. The second kappa shape index (κ2) is 5.37. The summed E-state index contributed by atoms with van der Waals surface area (Å²) in [4.78, 5) is 16.1. The SMILES string of the molecule is C#CCCC1(CCC(=O)Nc2cccc3ocnc23)N=N1. The normalized spacial score (nSPS) is 14.8. The third-order valence-corrected chi connectivity index (χ3v) is 3.44. The van der Waals surface area contributed by atoms with E-state index in [1.807, 2.05) is 6.07 Å². The summed E-state index contributed by atoms with van der Waals surface area (Å²) in [6.07, 6.45) is 8.83. The van der Waals surface area contributed by atoms with Crippen LogP contribution >= 0.6 is 0 Å². The second-order valence-electron chi connectivity index (χ2n) is 4.94. The number of nitrogens with one attached hydrogen (secondary N) is 1. The summed E-state index contributed by atoms with van der Waals surface area (Å²) in [5, 5.41) is 10.9. The van der Waals surface area contributed by atoms with E-state index in [1.54, 1.807) is 12.1 Å². The first-order valence-electron chi connectivity index (χ1n) is 6.72. The second-order valence-corrected chi connectivity index (χ2v) is 4.94. The minimum Gasteiger partial charge on any atom is -0.443 e. The maximum Gasteiger partial charge on any atom is 0.224 e. The lowest BCUT2D eigenvalue weighted by Crippen LogP contribution is -2.17. The number of benzene rings is 1. The Morgan fingerprint density at radius 2 is 2.24 bits per heavy atom. The molecule has 1 aromatic carbocycles. The van der Waals surface area contributed by atoms with Crippen LogP contribution in [0.25, 0.3) is 11.1 Å². The lowest BCUT2D eigenvalue weighted by atomic mass is 10.0. The average Bonchev–Trinajstić information content (AvgIpc) is 3.09. The van der Waals surface area contributed by atoms with Crippen molar-refractivity contribution in [1.29, 1.82) is 0 Å². The lowest BCUT2D eigenvalue weighted by molar-refractivity contribution is -0.116. The number of fused-ring (bicyclic) bond motifs is 1. The fourth-order valence-corrected chi connectivity index (χ4v) is 2.18. The number of amides is 1. The molecule has 1 aromatic heterocycles. The van der Waals surface area contributed by atoms with E-state index in [1.165, 1.54) is 6.39 Å². The van der Waals surface area contributed by atoms with Gasteiger partial charge >= 0.3 is 0 Å². The number of para-hydroxylation sites is 1. The van der Waals surface area contributed by atoms with Crippen LogP contribution in [0.4, 0.5) is 5.69 Å². The zero-order valence-electron chi connectivity index (χ0n) is 11.4. The number of terminal acetylenes is 1. The van der Waals surface area contributed by atoms with Crippen LogP contribution in [0.1, 0.15) is 25.7 Å². The van der Waals surface area contributed by atoms with Gasteiger partial charge in [0.2, 0.25) is 5.91 Å². The number of nitrogens with zero attached hydrogens (tertiary/aromatic N) is 3. The number of hydrogen-bond acceptors (Lipinski definition) is 5. The summed E-state index contributed by atoms with van der Waals surface area (Å²) in [5.41, 5.74) is 1.51. The number of carbonyl (C=O) groups excluding carboxylic acids is 1. The van der Waals surface area contributed by atoms with Crippen LogP contribution in [-0.4, -0.2) is 16.6 Å². The summed E-state index contributed by atoms with van der Waals surface area (Å²) in [5.74, 6) is 2.47. The fourth-order valence-electron chi connectivity index (χ4n) is 2.18. The summed E-state index contributed by atoms with van der Waals surface area (Å²) >= 11 is 0. The highest BCUT2D eigenvalue weighted by molar-refractivity contribution is 5.98. The quantitative estimate of drug-likeness (QED) is 0.826. The van der Waals surface area contributed by atoms with Gasteiger partial charge in [0.15, 0.2) is 17.6 Å². The van der Waals surface area contributed by atoms with Gasteiger partial charge in [-0.25, -0.2) is 4.98 Å². The van der Waals surface area contributed by atoms with Crippen molar-refractivity contribution >= 4 is 22.7 Å². The molecule has 0 unspecified atom stereocenters. The summed E-state index contributed by atoms with van der Waals surface area (Å²) in [7, 11) is 0. The van der Waals surface area contributed by atoms with Crippen LogP contribution in [0.2, 0.25) is 0 Å². The van der Waals surface area contributed by atoms with Gasteiger partial charge in [0.1, 0.15) is 5.52 Å². The molecule has 0 fully saturated rings. The largest absolute Gasteiger partial charge is 0.443 e. The van der Waals surface area contributed by atoms with Crippen molar-refractivity contribution in [2.45, 2.75) is 31.3 Å². The van der Waals surface area contributed by atoms with E-state index in [9.17, 15) is 4.79 Å². The molecule has 0 bridgehead atoms. The zero-order valence-corrected chi connectivity index (χ0v) is 11.4. The van der Waals surface area contributed by atoms with Gasteiger partial charge in [-0.05, 0) is 12.1 Å². The number of carbonyl (C=O) groups is 1. The van der Waals surface area contributed by atoms with Crippen molar-refractivity contribution < 1.29 is 9.21 Å². The molecule has 0 radical (unpaired) electrons. The standard InChI is InChI=1S/C15H14N4O2/c1-2-3-8-15(18-19-15)9-7-13(20)17-11-5-4-6-12-14(11)16-10-21-12/h1,4-6,10H,3,7-9H2,(H,17,20). The zero-order chi connectivity index (χ0) is 14.7. The molecular weight excluding hydrogens is 268 g/mol. The fraction of sp³-hybridized carbons (Fsp3) is 0.333. The Labute approximate surface area is 121 Å². The van der Waals surface area contributed by atoms with Crippen LogP contribution in [-0.2, 0) is 4.79 Å².